The molecule has 3 amide bonds. The summed E-state index contributed by atoms with van der Waals surface area (Å²) in [6, 6.07) is 17.9. The van der Waals surface area contributed by atoms with E-state index in [9.17, 15) is 9.59 Å². The van der Waals surface area contributed by atoms with Crippen molar-refractivity contribution in [1.82, 2.24) is 14.9 Å². The molecule has 3 N–H and O–H groups in total. The highest BCUT2D eigenvalue weighted by molar-refractivity contribution is 6.41. The van der Waals surface area contributed by atoms with E-state index in [0.29, 0.717) is 23.9 Å². The van der Waals surface area contributed by atoms with Crippen molar-refractivity contribution in [2.45, 2.75) is 19.9 Å². The number of amides is 3. The Labute approximate surface area is 290 Å². The standard InChI is InChI=1S/C34H38Cl2N8O4/c1-5-29(45)38-23-8-6-22(7-9-23)21-44(34(46)41-32-30(35)26(47-3)20-27(48-4)31(32)36)28-14-15-37-33(40-28)39-24-10-12-25(13-11-24)43-18-16-42(2)17-19-43/h6-15,20H,5,16-19,21H2,1-4H3,(H,38,45)(H,41,46)(H,37,39,40). The number of ether oxygens (including phenoxy) is 2. The summed E-state index contributed by atoms with van der Waals surface area (Å²) >= 11 is 13.2. The Bertz CT molecular complexity index is 1700. The minimum absolute atomic E-state index is 0.0961. The number of methoxy groups -OCH3 is 2. The predicted octanol–water partition coefficient (Wildman–Crippen LogP) is 6.88. The van der Waals surface area contributed by atoms with E-state index < -0.39 is 6.03 Å². The molecule has 0 aliphatic carbocycles. The van der Waals surface area contributed by atoms with Crippen molar-refractivity contribution in [3.63, 3.8) is 0 Å². The summed E-state index contributed by atoms with van der Waals surface area (Å²) in [7, 11) is 5.04. The van der Waals surface area contributed by atoms with Gasteiger partial charge in [0.15, 0.2) is 0 Å². The lowest BCUT2D eigenvalue weighted by Crippen LogP contribution is -2.44. The van der Waals surface area contributed by atoms with Crippen LogP contribution in [0.1, 0.15) is 18.9 Å². The van der Waals surface area contributed by atoms with Gasteiger partial charge in [0.1, 0.15) is 27.4 Å². The van der Waals surface area contributed by atoms with Crippen LogP contribution in [0.3, 0.4) is 0 Å². The Morgan fingerprint density at radius 2 is 1.50 bits per heavy atom. The van der Waals surface area contributed by atoms with Gasteiger partial charge in [0.25, 0.3) is 0 Å². The minimum atomic E-state index is -0.571. The Hall–Kier alpha value is -4.78. The molecule has 0 atom stereocenters. The van der Waals surface area contributed by atoms with Gasteiger partial charge in [-0.2, -0.15) is 4.98 Å². The van der Waals surface area contributed by atoms with Gasteiger partial charge in [-0.3, -0.25) is 9.69 Å². The van der Waals surface area contributed by atoms with Crippen molar-refractivity contribution in [3.05, 3.63) is 82.5 Å². The van der Waals surface area contributed by atoms with Gasteiger partial charge in [0.2, 0.25) is 11.9 Å². The van der Waals surface area contributed by atoms with Gasteiger partial charge in [0.05, 0.1) is 26.5 Å². The summed E-state index contributed by atoms with van der Waals surface area (Å²) in [5.74, 6) is 1.06. The maximum Gasteiger partial charge on any atom is 0.327 e. The third-order valence-corrected chi connectivity index (χ3v) is 8.61. The lowest BCUT2D eigenvalue weighted by atomic mass is 10.2. The molecule has 5 rings (SSSR count). The van der Waals surface area contributed by atoms with E-state index in [4.69, 9.17) is 32.7 Å². The molecule has 1 saturated heterocycles. The number of nitrogens with one attached hydrogen (secondary N) is 3. The highest BCUT2D eigenvalue weighted by Gasteiger charge is 2.24. The van der Waals surface area contributed by atoms with Crippen molar-refractivity contribution in [1.29, 1.82) is 0 Å². The third-order valence-electron chi connectivity index (χ3n) is 7.86. The fourth-order valence-electron chi connectivity index (χ4n) is 5.06. The predicted molar refractivity (Wildman–Crippen MR) is 192 cm³/mol. The van der Waals surface area contributed by atoms with Crippen LogP contribution >= 0.6 is 23.2 Å². The molecule has 0 saturated carbocycles. The van der Waals surface area contributed by atoms with Crippen LogP contribution in [0.5, 0.6) is 11.5 Å². The van der Waals surface area contributed by atoms with Crippen molar-refractivity contribution >= 4 is 69.7 Å². The first kappa shape index (κ1) is 34.6. The van der Waals surface area contributed by atoms with Crippen LogP contribution in [-0.2, 0) is 11.3 Å². The fraction of sp³-hybridized carbons (Fsp3) is 0.294. The molecule has 0 bridgehead atoms. The molecule has 4 aromatic rings. The molecule has 0 spiro atoms. The SMILES string of the molecule is CCC(=O)Nc1ccc(CN(C(=O)Nc2c(Cl)c(OC)cc(OC)c2Cl)c2ccnc(Nc3ccc(N4CCN(C)CC4)cc3)n2)cc1. The van der Waals surface area contributed by atoms with Gasteiger partial charge < -0.3 is 35.2 Å². The summed E-state index contributed by atoms with van der Waals surface area (Å²) in [6.45, 7) is 5.89. The van der Waals surface area contributed by atoms with Crippen LogP contribution in [0, 0.1) is 0 Å². The summed E-state index contributed by atoms with van der Waals surface area (Å²) in [4.78, 5) is 41.1. The lowest BCUT2D eigenvalue weighted by Gasteiger charge is -2.34. The van der Waals surface area contributed by atoms with Crippen LogP contribution in [0.15, 0.2) is 66.9 Å². The molecule has 12 nitrogen and oxygen atoms in total. The van der Waals surface area contributed by atoms with Gasteiger partial charge in [0, 0.05) is 61.9 Å². The Kier molecular flexibility index (Phi) is 11.4. The summed E-state index contributed by atoms with van der Waals surface area (Å²) in [5, 5.41) is 9.11. The number of aromatic nitrogens is 2. The number of piperazine rings is 1. The number of hydrogen-bond acceptors (Lipinski definition) is 9. The number of rotatable bonds is 11. The number of carbonyl (C=O) groups is 2. The zero-order valence-electron chi connectivity index (χ0n) is 27.2. The van der Waals surface area contributed by atoms with Crippen molar-refractivity contribution in [2.24, 2.45) is 0 Å². The summed E-state index contributed by atoms with van der Waals surface area (Å²) in [6.07, 6.45) is 1.93. The van der Waals surface area contributed by atoms with Crippen LogP contribution in [-0.4, -0.2) is 74.3 Å². The van der Waals surface area contributed by atoms with E-state index in [0.717, 1.165) is 43.1 Å². The second kappa shape index (κ2) is 15.9. The van der Waals surface area contributed by atoms with Crippen LogP contribution in [0.25, 0.3) is 0 Å². The average Bonchev–Trinajstić information content (AvgIpc) is 3.10. The van der Waals surface area contributed by atoms with Crippen molar-refractivity contribution in [3.8, 4) is 11.5 Å². The molecule has 1 aliphatic heterocycles. The molecule has 252 valence electrons. The van der Waals surface area contributed by atoms with E-state index in [1.54, 1.807) is 31.3 Å². The van der Waals surface area contributed by atoms with Gasteiger partial charge in [-0.1, -0.05) is 42.3 Å². The molecule has 1 aliphatic rings. The minimum Gasteiger partial charge on any atom is -0.495 e. The molecular weight excluding hydrogens is 655 g/mol. The number of anilines is 6. The highest BCUT2D eigenvalue weighted by Crippen LogP contribution is 2.44. The van der Waals surface area contributed by atoms with Gasteiger partial charge >= 0.3 is 6.03 Å². The van der Waals surface area contributed by atoms with Crippen LogP contribution in [0.2, 0.25) is 10.0 Å². The summed E-state index contributed by atoms with van der Waals surface area (Å²) in [5.41, 5.74) is 3.49. The second-order valence-electron chi connectivity index (χ2n) is 11.1. The first-order valence-electron chi connectivity index (χ1n) is 15.4. The zero-order valence-corrected chi connectivity index (χ0v) is 28.7. The quantitative estimate of drug-likeness (QED) is 0.154. The monoisotopic (exact) mass is 692 g/mol. The van der Waals surface area contributed by atoms with Crippen molar-refractivity contribution < 1.29 is 19.1 Å². The number of benzene rings is 3. The Morgan fingerprint density at radius 1 is 0.875 bits per heavy atom. The van der Waals surface area contributed by atoms with E-state index in [1.807, 2.05) is 24.3 Å². The number of halogens is 2. The average molecular weight is 694 g/mol. The van der Waals surface area contributed by atoms with E-state index in [-0.39, 0.29) is 39.7 Å². The lowest BCUT2D eigenvalue weighted by molar-refractivity contribution is -0.115. The van der Waals surface area contributed by atoms with Crippen LogP contribution < -0.4 is 35.2 Å². The molecule has 48 heavy (non-hydrogen) atoms. The fourth-order valence-corrected chi connectivity index (χ4v) is 5.66. The Balaban J connectivity index is 1.41. The van der Waals surface area contributed by atoms with Crippen molar-refractivity contribution in [2.75, 3.05) is 73.2 Å². The maximum absolute atomic E-state index is 14.0. The molecule has 0 unspecified atom stereocenters. The number of likely N-dealkylation sites (N-methyl/N-ethyl adjacent to an activating group) is 1. The van der Waals surface area contributed by atoms with Crippen LogP contribution in [0.4, 0.5) is 39.3 Å². The van der Waals surface area contributed by atoms with Gasteiger partial charge in [-0.25, -0.2) is 9.78 Å². The smallest absolute Gasteiger partial charge is 0.327 e. The van der Waals surface area contributed by atoms with Gasteiger partial charge in [-0.05, 0) is 55.1 Å². The van der Waals surface area contributed by atoms with E-state index in [2.05, 4.69) is 54.9 Å². The largest absolute Gasteiger partial charge is 0.495 e. The number of carbonyl (C=O) groups excluding carboxylic acids is 2. The second-order valence-corrected chi connectivity index (χ2v) is 11.9. The first-order chi connectivity index (χ1) is 23.2. The van der Waals surface area contributed by atoms with E-state index in [1.165, 1.54) is 25.2 Å². The zero-order chi connectivity index (χ0) is 34.2. The topological polar surface area (TPSA) is 124 Å². The number of nitrogens with zero attached hydrogens (tertiary/aromatic N) is 5. The molecule has 3 aromatic carbocycles. The van der Waals surface area contributed by atoms with E-state index >= 15 is 0 Å². The maximum atomic E-state index is 14.0. The molecule has 1 aromatic heterocycles. The molecule has 14 heteroatoms. The third kappa shape index (κ3) is 8.38. The molecule has 1 fully saturated rings. The Morgan fingerprint density at radius 3 is 2.10 bits per heavy atom. The van der Waals surface area contributed by atoms with Gasteiger partial charge in [-0.15, -0.1) is 0 Å². The normalized spacial score (nSPS) is 13.1. The number of urea groups is 1. The number of hydrogen-bond donors (Lipinski definition) is 3. The molecular formula is C34H38Cl2N8O4. The summed E-state index contributed by atoms with van der Waals surface area (Å²) < 4.78 is 10.7. The first-order valence-corrected chi connectivity index (χ1v) is 16.2. The molecule has 2 heterocycles. The highest BCUT2D eigenvalue weighted by atomic mass is 35.5. The molecule has 0 radical (unpaired) electrons.